The first-order chi connectivity index (χ1) is 8.69. The summed E-state index contributed by atoms with van der Waals surface area (Å²) in [6, 6.07) is 2.41. The second kappa shape index (κ2) is 4.22. The van der Waals surface area contributed by atoms with E-state index in [9.17, 15) is 8.78 Å². The van der Waals surface area contributed by atoms with Crippen LogP contribution in [0.1, 0.15) is 44.6 Å². The van der Waals surface area contributed by atoms with Gasteiger partial charge >= 0.3 is 0 Å². The van der Waals surface area contributed by atoms with Crippen LogP contribution in [-0.2, 0) is 5.41 Å². The molecule has 0 spiro atoms. The third-order valence-electron chi connectivity index (χ3n) is 4.82. The summed E-state index contributed by atoms with van der Waals surface area (Å²) in [5.41, 5.74) is 0.291. The fraction of sp³-hybridized carbons (Fsp3) is 0.600. The van der Waals surface area contributed by atoms with E-state index < -0.39 is 5.82 Å². The van der Waals surface area contributed by atoms with Crippen molar-refractivity contribution in [2.24, 2.45) is 5.92 Å². The lowest BCUT2D eigenvalue weighted by atomic mass is 9.60. The maximum absolute atomic E-state index is 14.2. The van der Waals surface area contributed by atoms with E-state index >= 15 is 0 Å². The smallest absolute Gasteiger partial charge is 0.165 e. The van der Waals surface area contributed by atoms with Crippen molar-refractivity contribution < 1.29 is 13.5 Å². The van der Waals surface area contributed by atoms with E-state index in [0.29, 0.717) is 18.1 Å². The van der Waals surface area contributed by atoms with E-state index in [4.69, 9.17) is 4.74 Å². The SMILES string of the molecule is CC[C@@]12CCCCC1COc1c(F)ccc(F)c12. The molecule has 0 radical (unpaired) electrons. The fourth-order valence-corrected chi connectivity index (χ4v) is 3.85. The minimum atomic E-state index is -0.428. The maximum Gasteiger partial charge on any atom is 0.165 e. The second-order valence-corrected chi connectivity index (χ2v) is 5.50. The summed E-state index contributed by atoms with van der Waals surface area (Å²) in [6.07, 6.45) is 5.13. The highest BCUT2D eigenvalue weighted by atomic mass is 19.1. The highest BCUT2D eigenvalue weighted by Crippen LogP contribution is 2.53. The summed E-state index contributed by atoms with van der Waals surface area (Å²) in [5.74, 6) is -0.238. The first-order valence-electron chi connectivity index (χ1n) is 6.80. The zero-order valence-electron chi connectivity index (χ0n) is 10.6. The van der Waals surface area contributed by atoms with E-state index in [-0.39, 0.29) is 17.0 Å². The van der Waals surface area contributed by atoms with Gasteiger partial charge < -0.3 is 4.74 Å². The van der Waals surface area contributed by atoms with Crippen molar-refractivity contribution in [3.8, 4) is 5.75 Å². The van der Waals surface area contributed by atoms with Crippen molar-refractivity contribution in [3.63, 3.8) is 0 Å². The molecule has 0 N–H and O–H groups in total. The molecule has 3 rings (SSSR count). The average molecular weight is 252 g/mol. The van der Waals surface area contributed by atoms with Crippen LogP contribution in [0.15, 0.2) is 12.1 Å². The van der Waals surface area contributed by atoms with Crippen LogP contribution in [0.25, 0.3) is 0 Å². The topological polar surface area (TPSA) is 9.23 Å². The van der Waals surface area contributed by atoms with Gasteiger partial charge in [0.15, 0.2) is 11.6 Å². The second-order valence-electron chi connectivity index (χ2n) is 5.50. The standard InChI is InChI=1S/C15H18F2O/c1-2-15-8-4-3-5-10(15)9-18-14-12(17)7-6-11(16)13(14)15/h6-7,10H,2-5,8-9H2,1H3/t10?,15-/m1/s1. The van der Waals surface area contributed by atoms with Crippen LogP contribution in [0.5, 0.6) is 5.75 Å². The molecule has 0 saturated heterocycles. The molecule has 1 aromatic rings. The van der Waals surface area contributed by atoms with Crippen LogP contribution in [-0.4, -0.2) is 6.61 Å². The molecule has 1 fully saturated rings. The molecule has 0 amide bonds. The molecule has 1 saturated carbocycles. The molecule has 98 valence electrons. The minimum absolute atomic E-state index is 0.162. The Morgan fingerprint density at radius 1 is 1.28 bits per heavy atom. The van der Waals surface area contributed by atoms with Gasteiger partial charge in [-0.25, -0.2) is 8.78 Å². The lowest BCUT2D eigenvalue weighted by Gasteiger charge is -2.47. The molecule has 1 aliphatic carbocycles. The molecule has 1 aliphatic heterocycles. The molecule has 1 heterocycles. The summed E-state index contributed by atoms with van der Waals surface area (Å²) >= 11 is 0. The van der Waals surface area contributed by atoms with Gasteiger partial charge in [0.1, 0.15) is 5.82 Å². The van der Waals surface area contributed by atoms with E-state index in [1.807, 2.05) is 0 Å². The Morgan fingerprint density at radius 2 is 2.06 bits per heavy atom. The van der Waals surface area contributed by atoms with Crippen molar-refractivity contribution in [2.75, 3.05) is 6.61 Å². The van der Waals surface area contributed by atoms with Gasteiger partial charge in [0.2, 0.25) is 0 Å². The molecule has 3 heteroatoms. The number of ether oxygens (including phenoxy) is 1. The predicted molar refractivity (Wildman–Crippen MR) is 65.8 cm³/mol. The first-order valence-corrected chi connectivity index (χ1v) is 6.80. The van der Waals surface area contributed by atoms with Crippen LogP contribution in [0.4, 0.5) is 8.78 Å². The molecule has 2 aliphatic rings. The van der Waals surface area contributed by atoms with E-state index in [2.05, 4.69) is 6.92 Å². The van der Waals surface area contributed by atoms with E-state index in [1.165, 1.54) is 18.6 Å². The molecule has 1 aromatic carbocycles. The molecular formula is C15H18F2O. The Balaban J connectivity index is 2.21. The molecule has 0 aromatic heterocycles. The van der Waals surface area contributed by atoms with Crippen LogP contribution in [0, 0.1) is 17.6 Å². The van der Waals surface area contributed by atoms with Gasteiger partial charge in [-0.05, 0) is 31.4 Å². The monoisotopic (exact) mass is 252 g/mol. The highest BCUT2D eigenvalue weighted by molar-refractivity contribution is 5.44. The minimum Gasteiger partial charge on any atom is -0.490 e. The summed E-state index contributed by atoms with van der Waals surface area (Å²) in [5, 5.41) is 0. The number of hydrogen-bond donors (Lipinski definition) is 0. The quantitative estimate of drug-likeness (QED) is 0.728. The van der Waals surface area contributed by atoms with Gasteiger partial charge in [-0.3, -0.25) is 0 Å². The molecule has 2 atom stereocenters. The van der Waals surface area contributed by atoms with Crippen LogP contribution in [0.2, 0.25) is 0 Å². The van der Waals surface area contributed by atoms with E-state index in [1.54, 1.807) is 0 Å². The van der Waals surface area contributed by atoms with Gasteiger partial charge in [-0.2, -0.15) is 0 Å². The van der Waals surface area contributed by atoms with Crippen molar-refractivity contribution in [1.82, 2.24) is 0 Å². The van der Waals surface area contributed by atoms with Crippen LogP contribution in [0.3, 0.4) is 0 Å². The first kappa shape index (κ1) is 11.9. The van der Waals surface area contributed by atoms with Gasteiger partial charge in [0.25, 0.3) is 0 Å². The van der Waals surface area contributed by atoms with Gasteiger partial charge in [-0.15, -0.1) is 0 Å². The fourth-order valence-electron chi connectivity index (χ4n) is 3.85. The summed E-state index contributed by atoms with van der Waals surface area (Å²) < 4.78 is 33.5. The number of hydrogen-bond acceptors (Lipinski definition) is 1. The largest absolute Gasteiger partial charge is 0.490 e. The molecule has 0 bridgehead atoms. The number of rotatable bonds is 1. The summed E-state index contributed by atoms with van der Waals surface area (Å²) in [6.45, 7) is 2.61. The van der Waals surface area contributed by atoms with Crippen molar-refractivity contribution >= 4 is 0 Å². The molecule has 18 heavy (non-hydrogen) atoms. The van der Waals surface area contributed by atoms with Gasteiger partial charge in [0, 0.05) is 16.9 Å². The number of benzene rings is 1. The summed E-state index contributed by atoms with van der Waals surface area (Å²) in [4.78, 5) is 0. The predicted octanol–water partition coefficient (Wildman–Crippen LogP) is 4.20. The summed E-state index contributed by atoms with van der Waals surface area (Å²) in [7, 11) is 0. The van der Waals surface area contributed by atoms with Gasteiger partial charge in [0.05, 0.1) is 6.61 Å². The van der Waals surface area contributed by atoms with Crippen LogP contribution < -0.4 is 4.74 Å². The Hall–Kier alpha value is -1.12. The van der Waals surface area contributed by atoms with E-state index in [0.717, 1.165) is 25.7 Å². The highest BCUT2D eigenvalue weighted by Gasteiger charge is 2.47. The van der Waals surface area contributed by atoms with Gasteiger partial charge in [-0.1, -0.05) is 19.8 Å². The third kappa shape index (κ3) is 1.49. The molecule has 1 unspecified atom stereocenters. The Labute approximate surface area is 106 Å². The third-order valence-corrected chi connectivity index (χ3v) is 4.82. The lowest BCUT2D eigenvalue weighted by molar-refractivity contribution is 0.0757. The Kier molecular flexibility index (Phi) is 2.80. The van der Waals surface area contributed by atoms with Crippen molar-refractivity contribution in [2.45, 2.75) is 44.4 Å². The lowest BCUT2D eigenvalue weighted by Crippen LogP contribution is -2.45. The number of halogens is 2. The Morgan fingerprint density at radius 3 is 2.83 bits per heavy atom. The van der Waals surface area contributed by atoms with Crippen LogP contribution >= 0.6 is 0 Å². The number of fused-ring (bicyclic) bond motifs is 3. The average Bonchev–Trinajstić information content (AvgIpc) is 2.42. The zero-order valence-corrected chi connectivity index (χ0v) is 10.6. The maximum atomic E-state index is 14.2. The zero-order chi connectivity index (χ0) is 12.8. The molecular weight excluding hydrogens is 234 g/mol. The molecule has 1 nitrogen and oxygen atoms in total. The normalized spacial score (nSPS) is 30.3. The van der Waals surface area contributed by atoms with Crippen molar-refractivity contribution in [1.29, 1.82) is 0 Å². The van der Waals surface area contributed by atoms with Crippen molar-refractivity contribution in [3.05, 3.63) is 29.3 Å². The Bertz CT molecular complexity index is 472.